The summed E-state index contributed by atoms with van der Waals surface area (Å²) in [4.78, 5) is 34.4. The van der Waals surface area contributed by atoms with Gasteiger partial charge < -0.3 is 4.74 Å². The maximum absolute atomic E-state index is 12.3. The van der Waals surface area contributed by atoms with Gasteiger partial charge in [0.15, 0.2) is 0 Å². The molecule has 0 atom stereocenters. The summed E-state index contributed by atoms with van der Waals surface area (Å²) >= 11 is 1.64. The largest absolute Gasteiger partial charge is 0.462 e. The Hall–Kier alpha value is -4.27. The number of aromatic nitrogens is 4. The van der Waals surface area contributed by atoms with Crippen LogP contribution in [0.1, 0.15) is 45.5 Å². The van der Waals surface area contributed by atoms with Crippen molar-refractivity contribution >= 4 is 17.3 Å². The molecule has 40 heavy (non-hydrogen) atoms. The summed E-state index contributed by atoms with van der Waals surface area (Å²) in [5, 5.41) is 0.883. The number of esters is 1. The Morgan fingerprint density at radius 3 is 2.30 bits per heavy atom. The number of carbonyl (C=O) groups is 1. The molecule has 5 aromatic rings. The summed E-state index contributed by atoms with van der Waals surface area (Å²) in [6.45, 7) is 7.97. The average Bonchev–Trinajstić information content (AvgIpc) is 3.44. The molecule has 7 nitrogen and oxygen atoms in total. The molecule has 202 valence electrons. The lowest BCUT2D eigenvalue weighted by atomic mass is 10.1. The molecule has 0 bridgehead atoms. The maximum Gasteiger partial charge on any atom is 0.338 e. The summed E-state index contributed by atoms with van der Waals surface area (Å²) in [7, 11) is 0. The van der Waals surface area contributed by atoms with E-state index in [1.54, 1.807) is 36.6 Å². The van der Waals surface area contributed by atoms with Crippen LogP contribution in [0.2, 0.25) is 0 Å². The smallest absolute Gasteiger partial charge is 0.338 e. The van der Waals surface area contributed by atoms with Crippen molar-refractivity contribution < 1.29 is 9.53 Å². The van der Waals surface area contributed by atoms with Gasteiger partial charge in [0.05, 0.1) is 39.8 Å². The van der Waals surface area contributed by atoms with Crippen molar-refractivity contribution in [3.63, 3.8) is 0 Å². The molecule has 0 aliphatic rings. The molecule has 0 unspecified atom stereocenters. The molecule has 4 aromatic heterocycles. The molecular weight excluding hydrogens is 518 g/mol. The van der Waals surface area contributed by atoms with Crippen LogP contribution >= 0.6 is 11.3 Å². The van der Waals surface area contributed by atoms with Crippen molar-refractivity contribution in [2.45, 2.75) is 40.4 Å². The number of benzene rings is 1. The van der Waals surface area contributed by atoms with Crippen LogP contribution < -0.4 is 0 Å². The third-order valence-corrected chi connectivity index (χ3v) is 7.39. The van der Waals surface area contributed by atoms with E-state index in [-0.39, 0.29) is 5.97 Å². The highest BCUT2D eigenvalue weighted by molar-refractivity contribution is 7.18. The molecule has 8 heteroatoms. The Bertz CT molecular complexity index is 1600. The Balaban J connectivity index is 1.38. The van der Waals surface area contributed by atoms with E-state index in [4.69, 9.17) is 9.72 Å². The predicted molar refractivity (Wildman–Crippen MR) is 158 cm³/mol. The zero-order valence-electron chi connectivity index (χ0n) is 22.9. The van der Waals surface area contributed by atoms with Crippen LogP contribution in [0.3, 0.4) is 0 Å². The highest BCUT2D eigenvalue weighted by atomic mass is 32.1. The third kappa shape index (κ3) is 7.02. The predicted octanol–water partition coefficient (Wildman–Crippen LogP) is 6.66. The number of hydrogen-bond donors (Lipinski definition) is 0. The van der Waals surface area contributed by atoms with Crippen LogP contribution in [0, 0.1) is 13.8 Å². The van der Waals surface area contributed by atoms with Crippen molar-refractivity contribution in [3.8, 4) is 21.1 Å². The van der Waals surface area contributed by atoms with E-state index in [1.165, 1.54) is 5.56 Å². The van der Waals surface area contributed by atoms with Crippen LogP contribution in [0.25, 0.3) is 21.1 Å². The van der Waals surface area contributed by atoms with Gasteiger partial charge in [0.2, 0.25) is 0 Å². The molecule has 0 spiro atoms. The summed E-state index contributed by atoms with van der Waals surface area (Å²) in [6, 6.07) is 22.1. The second kappa shape index (κ2) is 12.7. The average molecular weight is 550 g/mol. The Labute approximate surface area is 238 Å². The van der Waals surface area contributed by atoms with Crippen molar-refractivity contribution in [3.05, 3.63) is 119 Å². The number of pyridine rings is 3. The zero-order valence-corrected chi connectivity index (χ0v) is 23.7. The lowest BCUT2D eigenvalue weighted by Crippen LogP contribution is -2.24. The zero-order chi connectivity index (χ0) is 27.9. The van der Waals surface area contributed by atoms with Gasteiger partial charge in [-0.3, -0.25) is 14.9 Å². The molecule has 0 saturated carbocycles. The number of aryl methyl sites for hydroxylation is 2. The summed E-state index contributed by atoms with van der Waals surface area (Å²) in [5.74, 6) is -0.346. The van der Waals surface area contributed by atoms with Gasteiger partial charge >= 0.3 is 5.97 Å². The van der Waals surface area contributed by atoms with Gasteiger partial charge in [-0.1, -0.05) is 35.9 Å². The van der Waals surface area contributed by atoms with Crippen LogP contribution in [-0.4, -0.2) is 37.4 Å². The summed E-state index contributed by atoms with van der Waals surface area (Å²) < 4.78 is 5.18. The van der Waals surface area contributed by atoms with Crippen molar-refractivity contribution in [2.24, 2.45) is 0 Å². The molecular formula is C32H31N5O2S. The number of nitrogens with zero attached hydrogens (tertiary/aromatic N) is 5. The lowest BCUT2D eigenvalue weighted by molar-refractivity contribution is 0.0526. The van der Waals surface area contributed by atoms with Crippen molar-refractivity contribution in [1.29, 1.82) is 0 Å². The van der Waals surface area contributed by atoms with Crippen molar-refractivity contribution in [1.82, 2.24) is 24.8 Å². The highest BCUT2D eigenvalue weighted by Crippen LogP contribution is 2.31. The number of thiazole rings is 1. The van der Waals surface area contributed by atoms with Gasteiger partial charge in [-0.2, -0.15) is 0 Å². The molecule has 4 heterocycles. The van der Waals surface area contributed by atoms with Crippen LogP contribution in [0.5, 0.6) is 0 Å². The number of hydrogen-bond acceptors (Lipinski definition) is 8. The van der Waals surface area contributed by atoms with Crippen LogP contribution in [0.15, 0.2) is 85.3 Å². The first-order valence-electron chi connectivity index (χ1n) is 13.2. The van der Waals surface area contributed by atoms with E-state index in [1.807, 2.05) is 36.7 Å². The van der Waals surface area contributed by atoms with Gasteiger partial charge in [-0.05, 0) is 68.3 Å². The number of rotatable bonds is 10. The summed E-state index contributed by atoms with van der Waals surface area (Å²) in [5.41, 5.74) is 7.53. The summed E-state index contributed by atoms with van der Waals surface area (Å²) in [6.07, 6.45) is 5.39. The Morgan fingerprint density at radius 1 is 0.825 bits per heavy atom. The van der Waals surface area contributed by atoms with Gasteiger partial charge in [0.1, 0.15) is 5.01 Å². The standard InChI is InChI=1S/C32H31N5O2S/c1-4-39-32(38)25-13-15-34-28(17-25)21-37(20-27-16-23(3)12-14-33-27)19-26-6-5-7-29(36-26)31-35-18-30(40-31)24-10-8-22(2)9-11-24/h5-18H,4,19-21H2,1-3H3. The fraction of sp³-hybridized carbons (Fsp3) is 0.219. The minimum atomic E-state index is -0.346. The molecule has 1 aromatic carbocycles. The van der Waals surface area contributed by atoms with E-state index in [0.717, 1.165) is 43.8 Å². The molecule has 0 aliphatic carbocycles. The fourth-order valence-electron chi connectivity index (χ4n) is 4.38. The molecule has 0 fully saturated rings. The Kier molecular flexibility index (Phi) is 8.68. The minimum Gasteiger partial charge on any atom is -0.462 e. The quantitative estimate of drug-likeness (QED) is 0.180. The number of ether oxygens (including phenoxy) is 1. The molecule has 0 aliphatic heterocycles. The van der Waals surface area contributed by atoms with Gasteiger partial charge in [-0.15, -0.1) is 11.3 Å². The molecule has 0 N–H and O–H groups in total. The molecule has 5 rings (SSSR count). The molecule has 0 saturated heterocycles. The van der Waals surface area contributed by atoms with Crippen molar-refractivity contribution in [2.75, 3.05) is 6.61 Å². The monoisotopic (exact) mass is 549 g/mol. The van der Waals surface area contributed by atoms with Crippen LogP contribution in [-0.2, 0) is 24.4 Å². The molecule has 0 radical (unpaired) electrons. The normalized spacial score (nSPS) is 11.1. The SMILES string of the molecule is CCOC(=O)c1ccnc(CN(Cc2cc(C)ccn2)Cc2cccc(-c3ncc(-c4ccc(C)cc4)s3)n2)c1. The topological polar surface area (TPSA) is 81.1 Å². The second-order valence-corrected chi connectivity index (χ2v) is 10.7. The fourth-order valence-corrected chi connectivity index (χ4v) is 5.27. The van der Waals surface area contributed by atoms with E-state index in [2.05, 4.69) is 64.0 Å². The highest BCUT2D eigenvalue weighted by Gasteiger charge is 2.15. The van der Waals surface area contributed by atoms with Crippen LogP contribution in [0.4, 0.5) is 0 Å². The third-order valence-electron chi connectivity index (χ3n) is 6.32. The maximum atomic E-state index is 12.3. The van der Waals surface area contributed by atoms with E-state index >= 15 is 0 Å². The first-order chi connectivity index (χ1) is 19.5. The second-order valence-electron chi connectivity index (χ2n) is 9.64. The van der Waals surface area contributed by atoms with E-state index in [0.29, 0.717) is 31.8 Å². The van der Waals surface area contributed by atoms with Gasteiger partial charge in [0.25, 0.3) is 0 Å². The number of carbonyl (C=O) groups excluding carboxylic acids is 1. The van der Waals surface area contributed by atoms with E-state index < -0.39 is 0 Å². The lowest BCUT2D eigenvalue weighted by Gasteiger charge is -2.22. The van der Waals surface area contributed by atoms with Gasteiger partial charge in [0, 0.05) is 38.2 Å². The first-order valence-corrected chi connectivity index (χ1v) is 14.0. The first kappa shape index (κ1) is 27.3. The molecule has 0 amide bonds. The van der Waals surface area contributed by atoms with E-state index in [9.17, 15) is 4.79 Å². The minimum absolute atomic E-state index is 0.329. The van der Waals surface area contributed by atoms with Gasteiger partial charge in [-0.25, -0.2) is 14.8 Å². The Morgan fingerprint density at radius 2 is 1.55 bits per heavy atom.